The van der Waals surface area contributed by atoms with Crippen LogP contribution in [0.1, 0.15) is 217 Å². The molecule has 5 unspecified atom stereocenters. The maximum atomic E-state index is 12.8. The van der Waals surface area contributed by atoms with Gasteiger partial charge in [0.1, 0.15) is 18.8 Å². The molecule has 0 aromatic heterocycles. The van der Waals surface area contributed by atoms with E-state index in [1.54, 1.807) is 145 Å². The Labute approximate surface area is 837 Å². The summed E-state index contributed by atoms with van der Waals surface area (Å²) in [5, 5.41) is 12.9. The van der Waals surface area contributed by atoms with Gasteiger partial charge in [0.25, 0.3) is 0 Å². The van der Waals surface area contributed by atoms with Gasteiger partial charge in [0.05, 0.1) is 135 Å². The number of benzene rings is 1. The number of amides is 5. The standard InChI is InChI=1S/C21H33N2O9P.C20H30NO7P.C19H30NO9P.C16H28NO9P.C15H28NO7P/c1-14-9-15(23-10-14)11-28-16(24)7-8-22-18(25)17-21(5,6)12-30-33(27,32-17)31-13-29-19(26)20(2,3)4;1-19(2,3)27-16(22)11-12-21-18(23)17-20(4,5)14-26-29(24,28-17)25-13-15-9-7-6-8-10-15;1-7-8-11-25-14(21)9-10-20-16(22)15-19(5,6)12-27-30(24,29-15)28-13-26-17(23)18(2,3)4;1-15(2)9-24-27(21,25-10-16(3,4)14(20)23-6)26-12(15)13(19)17-8-7-11(18)22-5;1-11(2)7-9-21-24(19)22-10-15(3,4)13(23-24)14(18)16-8-6-12(17)20-5/h9,17H,7-8,10-13H2,1-6H3,(H,22,25);6-10,17H,11-14H2,1-5H3,(H,21,23);1,15H,8-13H2,2-6H3,(H,20,22);12H,7-10H2,1-6H3,(H,17,19);11,13H,6-10H2,1-5H3,(H,16,18)/t17-,33?;17-,29?;15-,30?;12-,27?;13-,24?/m00000/s1. The van der Waals surface area contributed by atoms with E-state index in [4.69, 9.17) is 98.0 Å². The molecule has 0 bridgehead atoms. The molecule has 7 rings (SSSR count). The fourth-order valence-electron chi connectivity index (χ4n) is 11.6. The molecule has 0 radical (unpaired) electrons. The molecule has 5 N–H and O–H groups in total. The summed E-state index contributed by atoms with van der Waals surface area (Å²) in [6.07, 6.45) is 2.39. The molecule has 5 saturated heterocycles. The zero-order valence-electron chi connectivity index (χ0n) is 87.1. The second kappa shape index (κ2) is 57.4. The minimum atomic E-state index is -4.14. The van der Waals surface area contributed by atoms with E-state index in [1.807, 2.05) is 57.2 Å². The fraction of sp³-hybridized carbons (Fsp3) is 0.736. The highest BCUT2D eigenvalue weighted by Gasteiger charge is 2.55. The number of rotatable bonds is 41. The van der Waals surface area contributed by atoms with Crippen molar-refractivity contribution < 1.29 is 191 Å². The van der Waals surface area contributed by atoms with Gasteiger partial charge in [0.15, 0.2) is 30.5 Å². The minimum absolute atomic E-state index is 0.00112. The van der Waals surface area contributed by atoms with Crippen molar-refractivity contribution in [1.82, 2.24) is 26.6 Å². The summed E-state index contributed by atoms with van der Waals surface area (Å²) >= 11 is 0. The highest BCUT2D eigenvalue weighted by atomic mass is 31.2. The van der Waals surface area contributed by atoms with Crippen LogP contribution in [0.3, 0.4) is 0 Å². The molecule has 6 aliphatic rings. The van der Waals surface area contributed by atoms with Crippen LogP contribution in [0.5, 0.6) is 0 Å². The van der Waals surface area contributed by atoms with Crippen molar-refractivity contribution in [3.05, 3.63) is 47.5 Å². The Morgan fingerprint density at radius 1 is 0.427 bits per heavy atom. The maximum absolute atomic E-state index is 12.8. The van der Waals surface area contributed by atoms with Crippen molar-refractivity contribution in [3.63, 3.8) is 0 Å². The highest BCUT2D eigenvalue weighted by molar-refractivity contribution is 7.49. The molecule has 0 aliphatic carbocycles. The van der Waals surface area contributed by atoms with Gasteiger partial charge < -0.3 is 64.5 Å². The summed E-state index contributed by atoms with van der Waals surface area (Å²) in [4.78, 5) is 160. The molecule has 5 fully saturated rings. The van der Waals surface area contributed by atoms with Crippen LogP contribution in [0.4, 0.5) is 0 Å². The largest absolute Gasteiger partial charge is 0.478 e. The van der Waals surface area contributed by atoms with Gasteiger partial charge in [-0.25, -0.2) is 31.9 Å². The molecule has 6 aliphatic heterocycles. The topological polar surface area (TPSA) is 592 Å². The molecule has 143 heavy (non-hydrogen) atoms. The number of hydrogen-bond acceptors (Lipinski definition) is 42. The second-order valence-corrected chi connectivity index (χ2v) is 48.9. The number of methoxy groups -OCH3 is 3. The molecule has 6 heterocycles. The van der Waals surface area contributed by atoms with Gasteiger partial charge >= 0.3 is 86.9 Å². The van der Waals surface area contributed by atoms with E-state index in [0.29, 0.717) is 31.0 Å². The lowest BCUT2D eigenvalue weighted by atomic mass is 9.87. The van der Waals surface area contributed by atoms with E-state index in [1.165, 1.54) is 21.3 Å². The molecular formula is C91H149N6O41P5. The number of carbonyl (C=O) groups excluding carboxylic acids is 13. The van der Waals surface area contributed by atoms with Gasteiger partial charge in [0, 0.05) is 66.2 Å². The zero-order chi connectivity index (χ0) is 109. The highest BCUT2D eigenvalue weighted by Crippen LogP contribution is 2.62. The van der Waals surface area contributed by atoms with Gasteiger partial charge in [-0.05, 0) is 107 Å². The van der Waals surface area contributed by atoms with Crippen LogP contribution in [0.25, 0.3) is 0 Å². The molecule has 1 aromatic carbocycles. The van der Waals surface area contributed by atoms with Crippen molar-refractivity contribution >= 4 is 122 Å². The van der Waals surface area contributed by atoms with Crippen molar-refractivity contribution in [3.8, 4) is 12.3 Å². The Bertz CT molecular complexity index is 4810. The average Bonchev–Trinajstić information content (AvgIpc) is 0.961. The van der Waals surface area contributed by atoms with E-state index in [2.05, 4.69) is 51.7 Å². The number of nitrogens with zero attached hydrogens (tertiary/aromatic N) is 1. The number of hydrogen-bond donors (Lipinski definition) is 5. The maximum Gasteiger partial charge on any atom is 0.478 e. The lowest BCUT2D eigenvalue weighted by Gasteiger charge is -2.39. The van der Waals surface area contributed by atoms with E-state index < -0.39 is 209 Å². The first-order valence-electron chi connectivity index (χ1n) is 45.9. The fourth-order valence-corrected chi connectivity index (χ4v) is 19.7. The Morgan fingerprint density at radius 2 is 0.755 bits per heavy atom. The quantitative estimate of drug-likeness (QED) is 0.0101. The number of esters is 8. The van der Waals surface area contributed by atoms with E-state index in [9.17, 15) is 85.2 Å². The SMILES string of the molecule is C#CCCOC(=O)CCNC(=O)[C@@H]1OP(=O)(OCOC(=O)C(C)(C)C)OCC1(C)C.CC(C)(C)OC(=O)CCNC(=O)[C@@H]1OP(=O)(OCc2ccccc2)OCC1(C)C.CC1=CC(COC(=O)CCNC(=O)[C@@H]2OP(=O)(OCOC(=O)C(C)(C)C)OCC2(C)C)=NC1.COC(=O)CCNC(=O)[C@@H]1OP(=O)(OCC(C)(C)C(=O)OC)OCC1(C)C.COC(=O)CCNC(=O)[C@@H]1OP(=O)(OCCC(C)C)OCC1(C)C. The summed E-state index contributed by atoms with van der Waals surface area (Å²) < 4.78 is 181. The van der Waals surface area contributed by atoms with Gasteiger partial charge in [0.2, 0.25) is 43.1 Å². The average molecular weight is 2140 g/mol. The van der Waals surface area contributed by atoms with Crippen LogP contribution < -0.4 is 26.6 Å². The first kappa shape index (κ1) is 129. The van der Waals surface area contributed by atoms with Crippen molar-refractivity contribution in [2.75, 3.05) is 134 Å². The van der Waals surface area contributed by atoms with Crippen molar-refractivity contribution in [2.45, 2.75) is 254 Å². The van der Waals surface area contributed by atoms with Gasteiger partial charge in [-0.2, -0.15) is 0 Å². The Balaban J connectivity index is 0.000000461. The van der Waals surface area contributed by atoms with Crippen LogP contribution in [0, 0.1) is 61.6 Å². The monoisotopic (exact) mass is 2140 g/mol. The summed E-state index contributed by atoms with van der Waals surface area (Å²) in [5.41, 5.74) is -4.43. The summed E-state index contributed by atoms with van der Waals surface area (Å²) in [7, 11) is -16.2. The number of carbonyl (C=O) groups is 13. The lowest BCUT2D eigenvalue weighted by molar-refractivity contribution is -0.164. The molecule has 1 aromatic rings. The van der Waals surface area contributed by atoms with Crippen LogP contribution in [0.15, 0.2) is 47.0 Å². The molecule has 0 spiro atoms. The number of phosphoric ester groups is 5. The smallest absolute Gasteiger partial charge is 0.469 e. The summed E-state index contributed by atoms with van der Waals surface area (Å²) in [5.74, 6) is -3.91. The van der Waals surface area contributed by atoms with E-state index in [-0.39, 0.29) is 131 Å². The number of terminal acetylenes is 1. The first-order chi connectivity index (χ1) is 65.9. The van der Waals surface area contributed by atoms with Crippen LogP contribution in [-0.4, -0.2) is 253 Å². The predicted molar refractivity (Wildman–Crippen MR) is 512 cm³/mol. The van der Waals surface area contributed by atoms with E-state index in [0.717, 1.165) is 11.1 Å². The summed E-state index contributed by atoms with van der Waals surface area (Å²) in [6.45, 7) is 41.2. The molecule has 47 nitrogen and oxygen atoms in total. The third kappa shape index (κ3) is 47.3. The third-order valence-corrected chi connectivity index (χ3v) is 27.1. The van der Waals surface area contributed by atoms with Gasteiger partial charge in [-0.15, -0.1) is 12.3 Å². The zero-order valence-corrected chi connectivity index (χ0v) is 91.6. The Kier molecular flexibility index (Phi) is 51.8. The lowest BCUT2D eigenvalue weighted by Crippen LogP contribution is -2.50. The normalized spacial score (nSPS) is 24.4. The molecule has 814 valence electrons. The first-order valence-corrected chi connectivity index (χ1v) is 53.2. The number of aliphatic imine (C=N–C) groups is 1. The van der Waals surface area contributed by atoms with Gasteiger partial charge in [-0.3, -0.25) is 126 Å². The Hall–Kier alpha value is -8.15. The molecule has 5 amide bonds. The molecule has 10 atom stereocenters. The van der Waals surface area contributed by atoms with Crippen molar-refractivity contribution in [1.29, 1.82) is 0 Å². The Morgan fingerprint density at radius 3 is 1.07 bits per heavy atom. The van der Waals surface area contributed by atoms with Gasteiger partial charge in [-0.1, -0.05) is 119 Å². The van der Waals surface area contributed by atoms with Crippen molar-refractivity contribution in [2.24, 2.45) is 54.2 Å². The van der Waals surface area contributed by atoms with E-state index >= 15 is 0 Å². The summed E-state index contributed by atoms with van der Waals surface area (Å²) in [6, 6.07) is 9.17. The second-order valence-electron chi connectivity index (χ2n) is 40.8. The van der Waals surface area contributed by atoms with Crippen LogP contribution >= 0.6 is 39.1 Å². The number of phosphoric acid groups is 5. The predicted octanol–water partition coefficient (Wildman–Crippen LogP) is 12.0. The molecule has 52 heteroatoms. The molecule has 0 saturated carbocycles. The molecular weight excluding hydrogens is 1990 g/mol. The van der Waals surface area contributed by atoms with Crippen LogP contribution in [0.2, 0.25) is 0 Å². The number of ether oxygens (including phenoxy) is 8. The third-order valence-electron chi connectivity index (χ3n) is 20.3. The van der Waals surface area contributed by atoms with Crippen LogP contribution in [-0.2, 0) is 198 Å². The number of nitrogens with one attached hydrogen (secondary N) is 5. The minimum Gasteiger partial charge on any atom is -0.469 e.